The van der Waals surface area contributed by atoms with Gasteiger partial charge in [0.15, 0.2) is 11.5 Å². The van der Waals surface area contributed by atoms with Crippen molar-refractivity contribution in [3.05, 3.63) is 187 Å². The molecule has 0 saturated heterocycles. The number of benzene rings is 4. The van der Waals surface area contributed by atoms with Crippen LogP contribution in [0.5, 0.6) is 0 Å². The van der Waals surface area contributed by atoms with Crippen LogP contribution in [0.4, 0.5) is 11.4 Å². The van der Waals surface area contributed by atoms with Gasteiger partial charge in [-0.3, -0.25) is 24.0 Å². The molecule has 71 heavy (non-hydrogen) atoms. The predicted molar refractivity (Wildman–Crippen MR) is 266 cm³/mol. The zero-order valence-electron chi connectivity index (χ0n) is 38.3. The predicted octanol–water partition coefficient (Wildman–Crippen LogP) is 6.92. The number of aryl methyl sites for hydroxylation is 1. The summed E-state index contributed by atoms with van der Waals surface area (Å²) in [5.74, 6) is -0.930. The Kier molecular flexibility index (Phi) is 10.6. The van der Waals surface area contributed by atoms with E-state index in [0.717, 1.165) is 44.4 Å². The van der Waals surface area contributed by atoms with Crippen LogP contribution in [0, 0.1) is 6.92 Å². The van der Waals surface area contributed by atoms with Crippen molar-refractivity contribution in [2.24, 2.45) is 0 Å². The number of amides is 3. The van der Waals surface area contributed by atoms with Crippen molar-refractivity contribution in [1.29, 1.82) is 0 Å². The van der Waals surface area contributed by atoms with E-state index in [1.54, 1.807) is 36.1 Å². The van der Waals surface area contributed by atoms with Gasteiger partial charge in [0.2, 0.25) is 5.91 Å². The van der Waals surface area contributed by atoms with Crippen LogP contribution >= 0.6 is 0 Å². The molecule has 2 aliphatic heterocycles. The highest BCUT2D eigenvalue weighted by Crippen LogP contribution is 2.34. The number of anilines is 2. The largest absolute Gasteiger partial charge is 0.459 e. The fraction of sp³-hybridized carbons (Fsp3) is 0.189. The molecule has 0 radical (unpaired) electrons. The fourth-order valence-corrected chi connectivity index (χ4v) is 10.0. The van der Waals surface area contributed by atoms with Crippen LogP contribution in [0.3, 0.4) is 0 Å². The van der Waals surface area contributed by atoms with Crippen molar-refractivity contribution < 1.29 is 23.2 Å². The van der Waals surface area contributed by atoms with Gasteiger partial charge in [-0.15, -0.1) is 0 Å². The summed E-state index contributed by atoms with van der Waals surface area (Å²) in [5, 5.41) is 12.0. The maximum absolute atomic E-state index is 14.8. The van der Waals surface area contributed by atoms with Crippen molar-refractivity contribution in [2.45, 2.75) is 58.5 Å². The van der Waals surface area contributed by atoms with E-state index in [0.29, 0.717) is 69.6 Å². The fourth-order valence-electron chi connectivity index (χ4n) is 10.0. The molecule has 18 heteroatoms. The number of carbonyl (C=O) groups is 3. The van der Waals surface area contributed by atoms with Gasteiger partial charge in [0.25, 0.3) is 22.9 Å². The van der Waals surface area contributed by atoms with Crippen molar-refractivity contribution in [3.63, 3.8) is 0 Å². The quantitative estimate of drug-likeness (QED) is 0.0702. The zero-order valence-corrected chi connectivity index (χ0v) is 38.3. The summed E-state index contributed by atoms with van der Waals surface area (Å²) in [5.41, 5.74) is 11.1. The summed E-state index contributed by atoms with van der Waals surface area (Å²) >= 11 is 0. The molecule has 1 atom stereocenters. The monoisotopic (exact) mass is 947 g/mol. The van der Waals surface area contributed by atoms with Crippen molar-refractivity contribution in [1.82, 2.24) is 45.0 Å². The summed E-state index contributed by atoms with van der Waals surface area (Å²) in [6, 6.07) is 27.5. The molecule has 7 N–H and O–H groups in total. The molecule has 0 bridgehead atoms. The van der Waals surface area contributed by atoms with E-state index in [9.17, 15) is 24.0 Å². The SMILES string of the molecule is Cc1nc2cc(NCc3ccoc3C(=O)N3Cc4[nH]c5ccccc5c4C[C@@H]3C(=O)NCc3coc(C(=O)N4CCc5c([nH]c6ccccc56)C4)c3CNc3ccc4ncc(=O)[nH]c4c3)ccc2[nH]c1=O. The Labute approximate surface area is 402 Å². The minimum absolute atomic E-state index is 0.0169. The van der Waals surface area contributed by atoms with E-state index < -0.39 is 17.9 Å². The second-order valence-electron chi connectivity index (χ2n) is 18.0. The van der Waals surface area contributed by atoms with Gasteiger partial charge in [-0.2, -0.15) is 0 Å². The van der Waals surface area contributed by atoms with Gasteiger partial charge < -0.3 is 54.5 Å². The molecule has 0 aliphatic carbocycles. The Hall–Kier alpha value is -9.19. The normalized spacial score (nSPS) is 14.5. The zero-order chi connectivity index (χ0) is 48.3. The third-order valence-electron chi connectivity index (χ3n) is 13.7. The highest BCUT2D eigenvalue weighted by Gasteiger charge is 2.39. The number of rotatable bonds is 11. The Morgan fingerprint density at radius 2 is 1.45 bits per heavy atom. The Morgan fingerprint density at radius 1 is 0.704 bits per heavy atom. The van der Waals surface area contributed by atoms with Crippen LogP contribution in [0.1, 0.15) is 66.0 Å². The number of hydrogen-bond donors (Lipinski definition) is 7. The number of nitrogens with zero attached hydrogens (tertiary/aromatic N) is 4. The molecular formula is C53H45N11O7. The van der Waals surface area contributed by atoms with Crippen molar-refractivity contribution >= 4 is 73.0 Å². The van der Waals surface area contributed by atoms with E-state index in [4.69, 9.17) is 8.83 Å². The lowest BCUT2D eigenvalue weighted by molar-refractivity contribution is -0.126. The lowest BCUT2D eigenvalue weighted by Crippen LogP contribution is -2.52. The average molecular weight is 948 g/mol. The molecule has 354 valence electrons. The molecule has 0 spiro atoms. The minimum Gasteiger partial charge on any atom is -0.459 e. The Bertz CT molecular complexity index is 3890. The lowest BCUT2D eigenvalue weighted by atomic mass is 9.95. The number of para-hydroxylation sites is 2. The molecular weight excluding hydrogens is 903 g/mol. The second kappa shape index (κ2) is 17.4. The van der Waals surface area contributed by atoms with Gasteiger partial charge >= 0.3 is 0 Å². The molecule has 8 heterocycles. The topological polar surface area (TPSA) is 243 Å². The smallest absolute Gasteiger partial charge is 0.290 e. The van der Waals surface area contributed by atoms with E-state index in [2.05, 4.69) is 51.9 Å². The molecule has 4 aromatic carbocycles. The van der Waals surface area contributed by atoms with Gasteiger partial charge in [-0.25, -0.2) is 9.97 Å². The number of hydrogen-bond acceptors (Lipinski definition) is 11. The summed E-state index contributed by atoms with van der Waals surface area (Å²) in [4.78, 5) is 92.8. The van der Waals surface area contributed by atoms with Gasteiger partial charge in [0, 0.05) is 93.9 Å². The van der Waals surface area contributed by atoms with E-state index in [1.165, 1.54) is 29.2 Å². The summed E-state index contributed by atoms with van der Waals surface area (Å²) in [7, 11) is 0. The lowest BCUT2D eigenvalue weighted by Gasteiger charge is -2.34. The Balaban J connectivity index is 0.822. The number of carbonyl (C=O) groups excluding carboxylic acids is 3. The number of nitrogens with one attached hydrogen (secondary N) is 7. The molecule has 2 aliphatic rings. The van der Waals surface area contributed by atoms with Crippen LogP contribution in [0.15, 0.2) is 128 Å². The first kappa shape index (κ1) is 43.1. The molecule has 3 amide bonds. The van der Waals surface area contributed by atoms with Crippen molar-refractivity contribution in [3.8, 4) is 0 Å². The number of fused-ring (bicyclic) bond motifs is 8. The first-order chi connectivity index (χ1) is 34.6. The summed E-state index contributed by atoms with van der Waals surface area (Å²) in [6.07, 6.45) is 5.08. The molecule has 0 fully saturated rings. The van der Waals surface area contributed by atoms with Crippen molar-refractivity contribution in [2.75, 3.05) is 17.2 Å². The number of furan rings is 2. The standard InChI is InChI=1S/C53H45N11O7/c1-28-50(66)62-41-13-11-31(19-43(41)58-28)54-21-29-15-17-70-48(29)53(69)64-26-45-36(34-7-3-5-9-39(34)60-45)20-46(64)51(67)57-22-30-27-71-49(37(30)23-55-32-10-12-40-42(18-32)61-47(65)24-56-40)52(68)63-16-14-35-33-6-2-4-8-38(33)59-44(35)25-63/h2-13,15,17-19,24,27,46,54-55,59-60H,14,16,20-23,25-26H2,1H3,(H,57,67)(H,61,65)(H,62,66)/t46-/m1/s1. The van der Waals surface area contributed by atoms with Crippen LogP contribution in [-0.2, 0) is 50.4 Å². The first-order valence-electron chi connectivity index (χ1n) is 23.3. The maximum Gasteiger partial charge on any atom is 0.290 e. The van der Waals surface area contributed by atoms with Gasteiger partial charge in [-0.05, 0) is 79.1 Å². The van der Waals surface area contributed by atoms with E-state index >= 15 is 0 Å². The van der Waals surface area contributed by atoms with Crippen LogP contribution < -0.4 is 27.1 Å². The highest BCUT2D eigenvalue weighted by molar-refractivity contribution is 5.98. The molecule has 6 aromatic heterocycles. The van der Waals surface area contributed by atoms with Crippen LogP contribution in [0.25, 0.3) is 43.9 Å². The summed E-state index contributed by atoms with van der Waals surface area (Å²) < 4.78 is 12.0. The highest BCUT2D eigenvalue weighted by atomic mass is 16.3. The third kappa shape index (κ3) is 7.93. The number of H-pyrrole nitrogens is 4. The van der Waals surface area contributed by atoms with Crippen LogP contribution in [-0.4, -0.2) is 70.0 Å². The van der Waals surface area contributed by atoms with Gasteiger partial charge in [0.05, 0.1) is 53.9 Å². The summed E-state index contributed by atoms with van der Waals surface area (Å²) in [6.45, 7) is 2.96. The first-order valence-corrected chi connectivity index (χ1v) is 23.3. The number of aromatic nitrogens is 6. The molecule has 12 rings (SSSR count). The number of aromatic amines is 4. The third-order valence-corrected chi connectivity index (χ3v) is 13.7. The van der Waals surface area contributed by atoms with Gasteiger partial charge in [0.1, 0.15) is 11.7 Å². The van der Waals surface area contributed by atoms with E-state index in [1.807, 2.05) is 60.7 Å². The second-order valence-corrected chi connectivity index (χ2v) is 18.0. The molecule has 0 saturated carbocycles. The molecule has 10 aromatic rings. The van der Waals surface area contributed by atoms with E-state index in [-0.39, 0.29) is 61.1 Å². The van der Waals surface area contributed by atoms with Gasteiger partial charge in [-0.1, -0.05) is 36.4 Å². The Morgan fingerprint density at radius 3 is 2.28 bits per heavy atom. The average Bonchev–Trinajstić information content (AvgIpc) is 4.20. The molecule has 0 unspecified atom stereocenters. The molecule has 18 nitrogen and oxygen atoms in total. The van der Waals surface area contributed by atoms with Crippen LogP contribution in [0.2, 0.25) is 0 Å². The maximum atomic E-state index is 14.8. The minimum atomic E-state index is -0.945.